The lowest BCUT2D eigenvalue weighted by molar-refractivity contribution is 0.102. The van der Waals surface area contributed by atoms with Crippen molar-refractivity contribution in [1.29, 1.82) is 0 Å². The molecular formula is C12H12BrN3O. The van der Waals surface area contributed by atoms with Crippen molar-refractivity contribution in [2.45, 2.75) is 13.8 Å². The van der Waals surface area contributed by atoms with Gasteiger partial charge in [-0.25, -0.2) is 4.98 Å². The van der Waals surface area contributed by atoms with Crippen molar-refractivity contribution in [3.8, 4) is 0 Å². The molecule has 0 aliphatic heterocycles. The number of hydrogen-bond donors (Lipinski definition) is 2. The topological polar surface area (TPSA) is 57.8 Å². The van der Waals surface area contributed by atoms with Gasteiger partial charge in [0.05, 0.1) is 6.33 Å². The fourth-order valence-corrected chi connectivity index (χ4v) is 1.75. The lowest BCUT2D eigenvalue weighted by Gasteiger charge is -2.06. The van der Waals surface area contributed by atoms with Crippen molar-refractivity contribution in [2.24, 2.45) is 0 Å². The number of carbonyl (C=O) groups is 1. The van der Waals surface area contributed by atoms with Crippen molar-refractivity contribution in [3.63, 3.8) is 0 Å². The Morgan fingerprint density at radius 3 is 2.76 bits per heavy atom. The summed E-state index contributed by atoms with van der Waals surface area (Å²) in [6.07, 6.45) is 1.51. The molecule has 0 saturated heterocycles. The molecule has 1 heterocycles. The molecule has 1 amide bonds. The van der Waals surface area contributed by atoms with Crippen molar-refractivity contribution in [3.05, 3.63) is 46.0 Å². The summed E-state index contributed by atoms with van der Waals surface area (Å²) in [5.41, 5.74) is 3.02. The van der Waals surface area contributed by atoms with Gasteiger partial charge in [0.2, 0.25) is 0 Å². The maximum Gasteiger partial charge on any atom is 0.276 e. The highest BCUT2D eigenvalue weighted by atomic mass is 79.9. The smallest absolute Gasteiger partial charge is 0.276 e. The lowest BCUT2D eigenvalue weighted by atomic mass is 10.2. The molecular weight excluding hydrogens is 282 g/mol. The van der Waals surface area contributed by atoms with Crippen molar-refractivity contribution >= 4 is 27.5 Å². The van der Waals surface area contributed by atoms with Crippen LogP contribution in [0.15, 0.2) is 29.0 Å². The van der Waals surface area contributed by atoms with Crippen LogP contribution in [-0.4, -0.2) is 15.9 Å². The first kappa shape index (κ1) is 11.9. The van der Waals surface area contributed by atoms with Gasteiger partial charge in [-0.2, -0.15) is 0 Å². The van der Waals surface area contributed by atoms with Gasteiger partial charge in [0.15, 0.2) is 0 Å². The Morgan fingerprint density at radius 1 is 1.41 bits per heavy atom. The average Bonchev–Trinajstić information content (AvgIpc) is 2.70. The van der Waals surface area contributed by atoms with E-state index in [9.17, 15) is 4.79 Å². The van der Waals surface area contributed by atoms with E-state index < -0.39 is 0 Å². The van der Waals surface area contributed by atoms with E-state index in [1.54, 1.807) is 0 Å². The molecule has 5 heteroatoms. The molecule has 2 rings (SSSR count). The monoisotopic (exact) mass is 293 g/mol. The summed E-state index contributed by atoms with van der Waals surface area (Å²) in [6.45, 7) is 3.79. The second-order valence-electron chi connectivity index (χ2n) is 3.79. The van der Waals surface area contributed by atoms with Gasteiger partial charge in [0, 0.05) is 15.9 Å². The Bertz CT molecular complexity index is 563. The van der Waals surface area contributed by atoms with E-state index in [0.29, 0.717) is 5.69 Å². The Balaban J connectivity index is 2.19. The van der Waals surface area contributed by atoms with Crippen LogP contribution < -0.4 is 5.32 Å². The SMILES string of the molecule is Cc1cc(NC(=O)c2nc[nH]c2C)ccc1Br. The van der Waals surface area contributed by atoms with Crippen LogP contribution in [0, 0.1) is 13.8 Å². The fourth-order valence-electron chi connectivity index (χ4n) is 1.50. The van der Waals surface area contributed by atoms with E-state index in [0.717, 1.165) is 21.4 Å². The molecule has 0 fully saturated rings. The summed E-state index contributed by atoms with van der Waals surface area (Å²) in [5.74, 6) is -0.203. The zero-order valence-corrected chi connectivity index (χ0v) is 11.1. The minimum absolute atomic E-state index is 0.203. The third kappa shape index (κ3) is 2.55. The van der Waals surface area contributed by atoms with Gasteiger partial charge < -0.3 is 10.3 Å². The molecule has 0 spiro atoms. The summed E-state index contributed by atoms with van der Waals surface area (Å²) in [5, 5.41) is 2.81. The molecule has 17 heavy (non-hydrogen) atoms. The van der Waals surface area contributed by atoms with Crippen LogP contribution in [0.5, 0.6) is 0 Å². The van der Waals surface area contributed by atoms with E-state index >= 15 is 0 Å². The summed E-state index contributed by atoms with van der Waals surface area (Å²) in [7, 11) is 0. The molecule has 0 radical (unpaired) electrons. The Kier molecular flexibility index (Phi) is 3.28. The molecule has 4 nitrogen and oxygen atoms in total. The second kappa shape index (κ2) is 4.71. The number of aromatic nitrogens is 2. The highest BCUT2D eigenvalue weighted by Gasteiger charge is 2.11. The predicted molar refractivity (Wildman–Crippen MR) is 70.2 cm³/mol. The molecule has 0 atom stereocenters. The fraction of sp³-hybridized carbons (Fsp3) is 0.167. The first-order valence-corrected chi connectivity index (χ1v) is 5.94. The van der Waals surface area contributed by atoms with E-state index in [1.165, 1.54) is 6.33 Å². The van der Waals surface area contributed by atoms with Crippen molar-refractivity contribution < 1.29 is 4.79 Å². The summed E-state index contributed by atoms with van der Waals surface area (Å²) < 4.78 is 1.02. The maximum absolute atomic E-state index is 11.9. The van der Waals surface area contributed by atoms with Crippen LogP contribution in [0.3, 0.4) is 0 Å². The third-order valence-electron chi connectivity index (χ3n) is 2.46. The molecule has 1 aromatic carbocycles. The van der Waals surface area contributed by atoms with E-state index in [2.05, 4.69) is 31.2 Å². The van der Waals surface area contributed by atoms with Crippen LogP contribution in [0.2, 0.25) is 0 Å². The zero-order chi connectivity index (χ0) is 12.4. The Hall–Kier alpha value is -1.62. The van der Waals surface area contributed by atoms with Gasteiger partial charge >= 0.3 is 0 Å². The van der Waals surface area contributed by atoms with E-state index in [-0.39, 0.29) is 5.91 Å². The van der Waals surface area contributed by atoms with Crippen LogP contribution in [0.4, 0.5) is 5.69 Å². The number of benzene rings is 1. The lowest BCUT2D eigenvalue weighted by Crippen LogP contribution is -2.13. The van der Waals surface area contributed by atoms with Crippen LogP contribution in [0.1, 0.15) is 21.7 Å². The van der Waals surface area contributed by atoms with Gasteiger partial charge in [-0.15, -0.1) is 0 Å². The van der Waals surface area contributed by atoms with Crippen molar-refractivity contribution in [2.75, 3.05) is 5.32 Å². The number of aryl methyl sites for hydroxylation is 2. The number of imidazole rings is 1. The number of nitrogens with one attached hydrogen (secondary N) is 2. The molecule has 0 saturated carbocycles. The Morgan fingerprint density at radius 2 is 2.18 bits per heavy atom. The molecule has 0 unspecified atom stereocenters. The van der Waals surface area contributed by atoms with Crippen LogP contribution in [0.25, 0.3) is 0 Å². The molecule has 2 N–H and O–H groups in total. The number of anilines is 1. The maximum atomic E-state index is 11.9. The van der Waals surface area contributed by atoms with Gasteiger partial charge in [-0.1, -0.05) is 15.9 Å². The quantitative estimate of drug-likeness (QED) is 0.894. The van der Waals surface area contributed by atoms with E-state index in [1.807, 2.05) is 32.0 Å². The van der Waals surface area contributed by atoms with Gasteiger partial charge in [-0.05, 0) is 37.6 Å². The largest absolute Gasteiger partial charge is 0.348 e. The highest BCUT2D eigenvalue weighted by Crippen LogP contribution is 2.20. The number of nitrogens with zero attached hydrogens (tertiary/aromatic N) is 1. The number of rotatable bonds is 2. The number of hydrogen-bond acceptors (Lipinski definition) is 2. The molecule has 0 aliphatic carbocycles. The summed E-state index contributed by atoms with van der Waals surface area (Å²) in [6, 6.07) is 5.66. The molecule has 0 aliphatic rings. The molecule has 0 bridgehead atoms. The summed E-state index contributed by atoms with van der Waals surface area (Å²) >= 11 is 3.42. The predicted octanol–water partition coefficient (Wildman–Crippen LogP) is 3.04. The molecule has 2 aromatic rings. The third-order valence-corrected chi connectivity index (χ3v) is 3.35. The molecule has 88 valence electrons. The van der Waals surface area contributed by atoms with Crippen molar-refractivity contribution in [1.82, 2.24) is 9.97 Å². The van der Waals surface area contributed by atoms with Gasteiger partial charge in [0.1, 0.15) is 5.69 Å². The minimum Gasteiger partial charge on any atom is -0.348 e. The number of amides is 1. The Labute approximate surface area is 108 Å². The van der Waals surface area contributed by atoms with E-state index in [4.69, 9.17) is 0 Å². The average molecular weight is 294 g/mol. The minimum atomic E-state index is -0.203. The highest BCUT2D eigenvalue weighted by molar-refractivity contribution is 9.10. The van der Waals surface area contributed by atoms with Crippen LogP contribution >= 0.6 is 15.9 Å². The number of aromatic amines is 1. The normalized spacial score (nSPS) is 10.3. The first-order chi connectivity index (χ1) is 8.08. The number of carbonyl (C=O) groups excluding carboxylic acids is 1. The molecule has 1 aromatic heterocycles. The zero-order valence-electron chi connectivity index (χ0n) is 9.54. The van der Waals surface area contributed by atoms with Gasteiger partial charge in [-0.3, -0.25) is 4.79 Å². The van der Waals surface area contributed by atoms with Gasteiger partial charge in [0.25, 0.3) is 5.91 Å². The first-order valence-electron chi connectivity index (χ1n) is 5.15. The summed E-state index contributed by atoms with van der Waals surface area (Å²) in [4.78, 5) is 18.7. The second-order valence-corrected chi connectivity index (χ2v) is 4.65. The standard InChI is InChI=1S/C12H12BrN3O/c1-7-5-9(3-4-10(7)13)16-12(17)11-8(2)14-6-15-11/h3-6H,1-2H3,(H,14,15)(H,16,17). The number of H-pyrrole nitrogens is 1. The number of halogens is 1. The van der Waals surface area contributed by atoms with Crippen LogP contribution in [-0.2, 0) is 0 Å².